The molecule has 116 valence electrons. The Balaban J connectivity index is 1.57. The number of fused-ring (bicyclic) bond motifs is 2. The maximum Gasteiger partial charge on any atom is 0.258 e. The number of nitrogens with zero attached hydrogens (tertiary/aromatic N) is 2. The molecule has 2 aromatic carbocycles. The molecular formula is C18H17N3O2. The van der Waals surface area contributed by atoms with Crippen molar-refractivity contribution in [3.63, 3.8) is 0 Å². The predicted molar refractivity (Wildman–Crippen MR) is 90.2 cm³/mol. The number of H-pyrrole nitrogens is 1. The number of aromatic amines is 1. The van der Waals surface area contributed by atoms with Crippen LogP contribution < -0.4 is 15.2 Å². The third kappa shape index (κ3) is 2.65. The highest BCUT2D eigenvalue weighted by Crippen LogP contribution is 2.30. The Morgan fingerprint density at radius 3 is 2.91 bits per heavy atom. The molecule has 0 saturated carbocycles. The monoisotopic (exact) mass is 307 g/mol. The number of nitrogens with one attached hydrogen (secondary N) is 1. The van der Waals surface area contributed by atoms with Crippen LogP contribution in [0.25, 0.3) is 10.9 Å². The van der Waals surface area contributed by atoms with Crippen molar-refractivity contribution in [2.75, 3.05) is 24.6 Å². The van der Waals surface area contributed by atoms with Crippen LogP contribution in [0.3, 0.4) is 0 Å². The Labute approximate surface area is 133 Å². The molecule has 23 heavy (non-hydrogen) atoms. The summed E-state index contributed by atoms with van der Waals surface area (Å²) in [5.74, 6) is 1.64. The maximum atomic E-state index is 12.1. The number of para-hydroxylation sites is 3. The molecule has 1 N–H and O–H groups in total. The summed E-state index contributed by atoms with van der Waals surface area (Å²) in [7, 11) is 0. The molecule has 0 amide bonds. The molecule has 0 radical (unpaired) electrons. The fourth-order valence-electron chi connectivity index (χ4n) is 2.95. The maximum absolute atomic E-state index is 12.1. The first-order chi connectivity index (χ1) is 11.3. The Kier molecular flexibility index (Phi) is 3.46. The molecule has 0 saturated heterocycles. The molecular weight excluding hydrogens is 290 g/mol. The molecule has 0 bridgehead atoms. The Morgan fingerprint density at radius 1 is 1.13 bits per heavy atom. The minimum absolute atomic E-state index is 0.0759. The first-order valence-electron chi connectivity index (χ1n) is 7.76. The molecule has 0 spiro atoms. The fraction of sp³-hybridized carbons (Fsp3) is 0.222. The van der Waals surface area contributed by atoms with E-state index < -0.39 is 0 Å². The van der Waals surface area contributed by atoms with Crippen LogP contribution >= 0.6 is 0 Å². The van der Waals surface area contributed by atoms with Gasteiger partial charge in [-0.25, -0.2) is 4.98 Å². The normalized spacial score (nSPS) is 13.7. The lowest BCUT2D eigenvalue weighted by atomic mass is 10.2. The van der Waals surface area contributed by atoms with Crippen molar-refractivity contribution < 1.29 is 4.74 Å². The van der Waals surface area contributed by atoms with Gasteiger partial charge in [-0.1, -0.05) is 24.3 Å². The first-order valence-corrected chi connectivity index (χ1v) is 7.76. The first kappa shape index (κ1) is 13.8. The van der Waals surface area contributed by atoms with Crippen molar-refractivity contribution in [3.8, 4) is 5.75 Å². The zero-order valence-corrected chi connectivity index (χ0v) is 12.7. The zero-order valence-electron chi connectivity index (χ0n) is 12.7. The molecule has 5 heteroatoms. The van der Waals surface area contributed by atoms with Crippen LogP contribution in [0, 0.1) is 0 Å². The van der Waals surface area contributed by atoms with E-state index in [9.17, 15) is 4.79 Å². The average molecular weight is 307 g/mol. The van der Waals surface area contributed by atoms with Gasteiger partial charge in [-0.2, -0.15) is 0 Å². The van der Waals surface area contributed by atoms with E-state index in [-0.39, 0.29) is 5.56 Å². The van der Waals surface area contributed by atoms with Crippen molar-refractivity contribution >= 4 is 16.6 Å². The highest BCUT2D eigenvalue weighted by atomic mass is 16.5. The van der Waals surface area contributed by atoms with Gasteiger partial charge >= 0.3 is 0 Å². The number of hydrogen-bond acceptors (Lipinski definition) is 4. The third-order valence-corrected chi connectivity index (χ3v) is 4.11. The summed E-state index contributed by atoms with van der Waals surface area (Å²) in [6.07, 6.45) is 0.689. The van der Waals surface area contributed by atoms with Crippen molar-refractivity contribution in [2.45, 2.75) is 6.42 Å². The van der Waals surface area contributed by atoms with E-state index in [4.69, 9.17) is 4.74 Å². The summed E-state index contributed by atoms with van der Waals surface area (Å²) in [6.45, 7) is 2.31. The van der Waals surface area contributed by atoms with E-state index in [0.29, 0.717) is 18.4 Å². The van der Waals surface area contributed by atoms with Gasteiger partial charge in [-0.3, -0.25) is 4.79 Å². The van der Waals surface area contributed by atoms with Gasteiger partial charge in [0.25, 0.3) is 5.56 Å². The molecule has 3 aromatic rings. The number of rotatable bonds is 3. The highest BCUT2D eigenvalue weighted by Gasteiger charge is 2.17. The minimum Gasteiger partial charge on any atom is -0.490 e. The molecule has 0 aliphatic carbocycles. The van der Waals surface area contributed by atoms with E-state index in [2.05, 4.69) is 20.9 Å². The summed E-state index contributed by atoms with van der Waals surface area (Å²) in [6, 6.07) is 15.5. The summed E-state index contributed by atoms with van der Waals surface area (Å²) in [5, 5.41) is 0.632. The number of aromatic nitrogens is 2. The van der Waals surface area contributed by atoms with E-state index in [1.165, 1.54) is 0 Å². The topological polar surface area (TPSA) is 58.2 Å². The summed E-state index contributed by atoms with van der Waals surface area (Å²) < 4.78 is 5.67. The van der Waals surface area contributed by atoms with Crippen molar-refractivity contribution in [2.24, 2.45) is 0 Å². The van der Waals surface area contributed by atoms with Gasteiger partial charge in [0.15, 0.2) is 0 Å². The van der Waals surface area contributed by atoms with Crippen LogP contribution in [0.1, 0.15) is 5.82 Å². The van der Waals surface area contributed by atoms with E-state index in [1.54, 1.807) is 6.07 Å². The van der Waals surface area contributed by atoms with Crippen molar-refractivity contribution in [1.29, 1.82) is 0 Å². The molecule has 5 nitrogen and oxygen atoms in total. The summed E-state index contributed by atoms with van der Waals surface area (Å²) >= 11 is 0. The largest absolute Gasteiger partial charge is 0.490 e. The van der Waals surface area contributed by atoms with Gasteiger partial charge in [0.05, 0.1) is 23.1 Å². The van der Waals surface area contributed by atoms with Crippen LogP contribution in [0.15, 0.2) is 53.3 Å². The quantitative estimate of drug-likeness (QED) is 0.807. The van der Waals surface area contributed by atoms with Crippen LogP contribution in [-0.2, 0) is 6.42 Å². The molecule has 0 atom stereocenters. The van der Waals surface area contributed by atoms with Crippen LogP contribution in [0.4, 0.5) is 5.69 Å². The van der Waals surface area contributed by atoms with Crippen molar-refractivity contribution in [3.05, 3.63) is 64.7 Å². The second-order valence-electron chi connectivity index (χ2n) is 5.58. The SMILES string of the molecule is O=c1[nH]c(CCN2CCOc3ccccc32)nc2ccccc12. The van der Waals surface area contributed by atoms with Gasteiger partial charge in [0.2, 0.25) is 0 Å². The minimum atomic E-state index is -0.0759. The van der Waals surface area contributed by atoms with Gasteiger partial charge in [-0.15, -0.1) is 0 Å². The standard InChI is InChI=1S/C18H17N3O2/c22-18-13-5-1-2-6-14(13)19-17(20-18)9-10-21-11-12-23-16-8-4-3-7-15(16)21/h1-8H,9-12H2,(H,19,20,22). The number of hydrogen-bond donors (Lipinski definition) is 1. The summed E-state index contributed by atoms with van der Waals surface area (Å²) in [5.41, 5.74) is 1.77. The number of ether oxygens (including phenoxy) is 1. The highest BCUT2D eigenvalue weighted by molar-refractivity contribution is 5.77. The van der Waals surface area contributed by atoms with Crippen LogP contribution in [0.2, 0.25) is 0 Å². The smallest absolute Gasteiger partial charge is 0.258 e. The average Bonchev–Trinajstić information content (AvgIpc) is 2.60. The third-order valence-electron chi connectivity index (χ3n) is 4.11. The van der Waals surface area contributed by atoms with E-state index in [0.717, 1.165) is 35.9 Å². The van der Waals surface area contributed by atoms with Crippen LogP contribution in [-0.4, -0.2) is 29.7 Å². The Morgan fingerprint density at radius 2 is 1.96 bits per heavy atom. The molecule has 0 fully saturated rings. The second kappa shape index (κ2) is 5.76. The molecule has 1 aliphatic rings. The van der Waals surface area contributed by atoms with E-state index in [1.807, 2.05) is 36.4 Å². The van der Waals surface area contributed by atoms with Crippen LogP contribution in [0.5, 0.6) is 5.75 Å². The lowest BCUT2D eigenvalue weighted by Crippen LogP contribution is -2.34. The molecule has 1 aromatic heterocycles. The lowest BCUT2D eigenvalue weighted by molar-refractivity contribution is 0.307. The molecule has 4 rings (SSSR count). The fourth-order valence-corrected chi connectivity index (χ4v) is 2.95. The van der Waals surface area contributed by atoms with Gasteiger partial charge in [0.1, 0.15) is 18.2 Å². The summed E-state index contributed by atoms with van der Waals surface area (Å²) in [4.78, 5) is 21.8. The number of anilines is 1. The Hall–Kier alpha value is -2.82. The predicted octanol–water partition coefficient (Wildman–Crippen LogP) is 2.36. The lowest BCUT2D eigenvalue weighted by Gasteiger charge is -2.31. The second-order valence-corrected chi connectivity index (χ2v) is 5.58. The van der Waals surface area contributed by atoms with Gasteiger partial charge in [-0.05, 0) is 24.3 Å². The number of benzene rings is 2. The Bertz CT molecular complexity index is 904. The zero-order chi connectivity index (χ0) is 15.6. The molecule has 2 heterocycles. The molecule has 1 aliphatic heterocycles. The van der Waals surface area contributed by atoms with Gasteiger partial charge < -0.3 is 14.6 Å². The molecule has 0 unspecified atom stereocenters. The van der Waals surface area contributed by atoms with E-state index >= 15 is 0 Å². The van der Waals surface area contributed by atoms with Crippen molar-refractivity contribution in [1.82, 2.24) is 9.97 Å². The van der Waals surface area contributed by atoms with Gasteiger partial charge in [0, 0.05) is 13.0 Å².